The maximum atomic E-state index is 11.1. The summed E-state index contributed by atoms with van der Waals surface area (Å²) >= 11 is 0. The molecule has 0 heterocycles. The Bertz CT molecular complexity index is 573. The smallest absolute Gasteiger partial charge is 0.0874 e. The van der Waals surface area contributed by atoms with Gasteiger partial charge in [0.2, 0.25) is 0 Å². The molecule has 6 N–H and O–H groups in total. The van der Waals surface area contributed by atoms with Gasteiger partial charge in [-0.05, 0) is 44.1 Å². The van der Waals surface area contributed by atoms with Gasteiger partial charge < -0.3 is 30.6 Å². The molecular formula is C20H34O6. The van der Waals surface area contributed by atoms with Crippen LogP contribution in [0.3, 0.4) is 0 Å². The molecule has 0 aromatic carbocycles. The van der Waals surface area contributed by atoms with Gasteiger partial charge in [0, 0.05) is 23.2 Å². The summed E-state index contributed by atoms with van der Waals surface area (Å²) in [5, 5.41) is 64.7. The second-order valence-electron chi connectivity index (χ2n) is 9.83. The highest BCUT2D eigenvalue weighted by Gasteiger charge is 2.65. The molecule has 0 aromatic rings. The van der Waals surface area contributed by atoms with E-state index in [1.54, 1.807) is 20.8 Å². The van der Waals surface area contributed by atoms with Crippen LogP contribution in [-0.4, -0.2) is 66.8 Å². The van der Waals surface area contributed by atoms with Crippen LogP contribution < -0.4 is 0 Å². The molecular weight excluding hydrogens is 336 g/mol. The molecule has 26 heavy (non-hydrogen) atoms. The average Bonchev–Trinajstić information content (AvgIpc) is 2.65. The van der Waals surface area contributed by atoms with E-state index in [1.807, 2.05) is 0 Å². The molecule has 2 bridgehead atoms. The maximum Gasteiger partial charge on any atom is 0.0874 e. The maximum absolute atomic E-state index is 11.1. The molecule has 150 valence electrons. The predicted octanol–water partition coefficient (Wildman–Crippen LogP) is 0.334. The van der Waals surface area contributed by atoms with Crippen LogP contribution in [0.25, 0.3) is 0 Å². The van der Waals surface area contributed by atoms with E-state index in [2.05, 4.69) is 6.58 Å². The molecule has 0 radical (unpaired) electrons. The Morgan fingerprint density at radius 3 is 2.19 bits per heavy atom. The molecule has 3 rings (SSSR count). The third-order valence-corrected chi connectivity index (χ3v) is 7.81. The van der Waals surface area contributed by atoms with E-state index in [0.29, 0.717) is 18.4 Å². The van der Waals surface area contributed by atoms with E-state index in [-0.39, 0.29) is 31.1 Å². The standard InChI is InChI=1S/C20H34O6/c1-10-11-5-6-12-16(24)20(11,9-19(12,4)26)8-14(22)17(25)18(2,3)15(23)7-13(10)21/h11-17,21-26H,1,5-9H2,2-4H3/t11-,12+,13-,14+,15-,16+,17-,19+,20-/m0/s1. The highest BCUT2D eigenvalue weighted by molar-refractivity contribution is 5.23. The molecule has 9 atom stereocenters. The first-order chi connectivity index (χ1) is 11.8. The lowest BCUT2D eigenvalue weighted by atomic mass is 9.58. The number of aliphatic hydroxyl groups excluding tert-OH is 5. The quantitative estimate of drug-likeness (QED) is 0.342. The lowest BCUT2D eigenvalue weighted by Gasteiger charge is -2.50. The number of hydrogen-bond donors (Lipinski definition) is 6. The lowest BCUT2D eigenvalue weighted by Crippen LogP contribution is -2.54. The van der Waals surface area contributed by atoms with Crippen molar-refractivity contribution in [3.63, 3.8) is 0 Å². The van der Waals surface area contributed by atoms with Crippen molar-refractivity contribution in [3.8, 4) is 0 Å². The van der Waals surface area contributed by atoms with Crippen molar-refractivity contribution >= 4 is 0 Å². The zero-order valence-electron chi connectivity index (χ0n) is 16.0. The van der Waals surface area contributed by atoms with Crippen molar-refractivity contribution in [1.29, 1.82) is 0 Å². The van der Waals surface area contributed by atoms with Crippen LogP contribution in [0.2, 0.25) is 0 Å². The predicted molar refractivity (Wildman–Crippen MR) is 96.1 cm³/mol. The number of hydrogen-bond acceptors (Lipinski definition) is 6. The van der Waals surface area contributed by atoms with E-state index in [4.69, 9.17) is 0 Å². The summed E-state index contributed by atoms with van der Waals surface area (Å²) in [7, 11) is 0. The van der Waals surface area contributed by atoms with Crippen LogP contribution in [0.4, 0.5) is 0 Å². The molecule has 3 aliphatic carbocycles. The second-order valence-corrected chi connectivity index (χ2v) is 9.83. The second kappa shape index (κ2) is 6.26. The van der Waals surface area contributed by atoms with E-state index in [9.17, 15) is 30.6 Å². The van der Waals surface area contributed by atoms with E-state index >= 15 is 0 Å². The Kier molecular flexibility index (Phi) is 4.87. The van der Waals surface area contributed by atoms with Crippen molar-refractivity contribution < 1.29 is 30.6 Å². The molecule has 6 heteroatoms. The fourth-order valence-corrected chi connectivity index (χ4v) is 6.06. The highest BCUT2D eigenvalue weighted by Crippen LogP contribution is 2.63. The van der Waals surface area contributed by atoms with Crippen LogP contribution in [0.15, 0.2) is 12.2 Å². The Balaban J connectivity index is 2.07. The number of fused-ring (bicyclic) bond motifs is 1. The van der Waals surface area contributed by atoms with Gasteiger partial charge in [-0.3, -0.25) is 0 Å². The highest BCUT2D eigenvalue weighted by atomic mass is 16.3. The minimum absolute atomic E-state index is 0.0120. The molecule has 3 saturated carbocycles. The van der Waals surface area contributed by atoms with Crippen LogP contribution in [-0.2, 0) is 0 Å². The zero-order valence-corrected chi connectivity index (χ0v) is 16.0. The molecule has 0 aromatic heterocycles. The SMILES string of the molecule is C=C1[C@@H](O)C[C@H](O)C(C)(C)[C@@H](O)[C@H](O)C[C@]23C[C@@](C)(O)[C@H](CC[C@@H]12)[C@H]3O. The molecule has 6 nitrogen and oxygen atoms in total. The van der Waals surface area contributed by atoms with Crippen molar-refractivity contribution in [3.05, 3.63) is 12.2 Å². The first-order valence-corrected chi connectivity index (χ1v) is 9.66. The van der Waals surface area contributed by atoms with Gasteiger partial charge in [0.15, 0.2) is 0 Å². The van der Waals surface area contributed by atoms with Gasteiger partial charge in [0.05, 0.1) is 36.1 Å². The normalized spacial score (nSPS) is 54.7. The van der Waals surface area contributed by atoms with Crippen LogP contribution in [0, 0.1) is 22.7 Å². The van der Waals surface area contributed by atoms with Crippen LogP contribution in [0.1, 0.15) is 52.9 Å². The topological polar surface area (TPSA) is 121 Å². The van der Waals surface area contributed by atoms with Gasteiger partial charge >= 0.3 is 0 Å². The molecule has 0 amide bonds. The van der Waals surface area contributed by atoms with Crippen molar-refractivity contribution in [1.82, 2.24) is 0 Å². The van der Waals surface area contributed by atoms with Gasteiger partial charge in [-0.25, -0.2) is 0 Å². The molecule has 0 saturated heterocycles. The summed E-state index contributed by atoms with van der Waals surface area (Å²) in [4.78, 5) is 0. The fourth-order valence-electron chi connectivity index (χ4n) is 6.06. The Labute approximate surface area is 155 Å². The van der Waals surface area contributed by atoms with E-state index < -0.39 is 47.0 Å². The minimum Gasteiger partial charge on any atom is -0.392 e. The van der Waals surface area contributed by atoms with Gasteiger partial charge in [-0.1, -0.05) is 20.4 Å². The largest absolute Gasteiger partial charge is 0.392 e. The van der Waals surface area contributed by atoms with E-state index in [1.165, 1.54) is 0 Å². The fraction of sp³-hybridized carbons (Fsp3) is 0.900. The van der Waals surface area contributed by atoms with Gasteiger partial charge in [0.1, 0.15) is 0 Å². The molecule has 1 spiro atoms. The Morgan fingerprint density at radius 1 is 0.962 bits per heavy atom. The van der Waals surface area contributed by atoms with Crippen LogP contribution in [0.5, 0.6) is 0 Å². The first-order valence-electron chi connectivity index (χ1n) is 9.66. The number of aliphatic hydroxyl groups is 6. The van der Waals surface area contributed by atoms with Gasteiger partial charge in [0.25, 0.3) is 0 Å². The summed E-state index contributed by atoms with van der Waals surface area (Å²) in [6.07, 6.45) is -3.55. The van der Waals surface area contributed by atoms with Gasteiger partial charge in [-0.15, -0.1) is 0 Å². The molecule has 3 fully saturated rings. The number of rotatable bonds is 0. The zero-order chi connectivity index (χ0) is 19.7. The van der Waals surface area contributed by atoms with Crippen molar-refractivity contribution in [2.75, 3.05) is 0 Å². The van der Waals surface area contributed by atoms with Gasteiger partial charge in [-0.2, -0.15) is 0 Å². The Hall–Kier alpha value is -0.500. The molecule has 3 aliphatic rings. The van der Waals surface area contributed by atoms with E-state index in [0.717, 1.165) is 0 Å². The first kappa shape index (κ1) is 20.2. The minimum atomic E-state index is -1.22. The third kappa shape index (κ3) is 2.77. The lowest BCUT2D eigenvalue weighted by molar-refractivity contribution is -0.145. The summed E-state index contributed by atoms with van der Waals surface area (Å²) in [5.74, 6) is -0.581. The monoisotopic (exact) mass is 370 g/mol. The van der Waals surface area contributed by atoms with Crippen LogP contribution >= 0.6 is 0 Å². The van der Waals surface area contributed by atoms with Crippen molar-refractivity contribution in [2.24, 2.45) is 22.7 Å². The Morgan fingerprint density at radius 2 is 1.58 bits per heavy atom. The van der Waals surface area contributed by atoms with Crippen molar-refractivity contribution in [2.45, 2.75) is 89.0 Å². The molecule has 0 unspecified atom stereocenters. The third-order valence-electron chi connectivity index (χ3n) is 7.81. The molecule has 0 aliphatic heterocycles. The summed E-state index contributed by atoms with van der Waals surface area (Å²) < 4.78 is 0. The summed E-state index contributed by atoms with van der Waals surface area (Å²) in [5.41, 5.74) is -2.41. The summed E-state index contributed by atoms with van der Waals surface area (Å²) in [6, 6.07) is 0. The summed E-state index contributed by atoms with van der Waals surface area (Å²) in [6.45, 7) is 9.10. The average molecular weight is 370 g/mol.